The number of carbonyl (C=O) groups is 2. The Morgan fingerprint density at radius 1 is 0.950 bits per heavy atom. The first-order valence-electron chi connectivity index (χ1n) is 13.3. The van der Waals surface area contributed by atoms with Gasteiger partial charge in [-0.25, -0.2) is 8.42 Å². The molecule has 0 aliphatic heterocycles. The van der Waals surface area contributed by atoms with E-state index in [1.807, 2.05) is 75.4 Å². The lowest BCUT2D eigenvalue weighted by Crippen LogP contribution is -2.54. The minimum atomic E-state index is -3.87. The van der Waals surface area contributed by atoms with Crippen molar-refractivity contribution in [3.05, 3.63) is 100 Å². The van der Waals surface area contributed by atoms with Crippen molar-refractivity contribution in [3.8, 4) is 0 Å². The number of anilines is 1. The Morgan fingerprint density at radius 2 is 1.60 bits per heavy atom. The first-order valence-corrected chi connectivity index (χ1v) is 15.6. The molecule has 0 aliphatic carbocycles. The highest BCUT2D eigenvalue weighted by atomic mass is 35.5. The highest BCUT2D eigenvalue weighted by molar-refractivity contribution is 7.92. The molecule has 1 N–H and O–H groups in total. The predicted octanol–water partition coefficient (Wildman–Crippen LogP) is 5.28. The zero-order chi connectivity index (χ0) is 29.4. The molecule has 0 aliphatic rings. The summed E-state index contributed by atoms with van der Waals surface area (Å²) in [5.41, 5.74) is 3.61. The van der Waals surface area contributed by atoms with Gasteiger partial charge in [-0.1, -0.05) is 84.8 Å². The number of aryl methyl sites for hydroxylation is 1. The number of rotatable bonds is 12. The van der Waals surface area contributed by atoms with Crippen LogP contribution in [0.1, 0.15) is 42.5 Å². The molecule has 0 radical (unpaired) electrons. The maximum Gasteiger partial charge on any atom is 0.244 e. The van der Waals surface area contributed by atoms with Crippen molar-refractivity contribution in [3.63, 3.8) is 0 Å². The summed E-state index contributed by atoms with van der Waals surface area (Å²) < 4.78 is 27.0. The van der Waals surface area contributed by atoms with Gasteiger partial charge in [0.05, 0.1) is 11.9 Å². The van der Waals surface area contributed by atoms with Crippen LogP contribution in [0.2, 0.25) is 5.02 Å². The van der Waals surface area contributed by atoms with Crippen LogP contribution >= 0.6 is 11.6 Å². The van der Waals surface area contributed by atoms with E-state index in [0.717, 1.165) is 33.7 Å². The second-order valence-corrected chi connectivity index (χ2v) is 12.5. The van der Waals surface area contributed by atoms with Gasteiger partial charge in [-0.3, -0.25) is 13.9 Å². The fourth-order valence-electron chi connectivity index (χ4n) is 4.46. The van der Waals surface area contributed by atoms with Crippen molar-refractivity contribution in [2.45, 2.75) is 59.2 Å². The van der Waals surface area contributed by atoms with Gasteiger partial charge in [-0.2, -0.15) is 0 Å². The Balaban J connectivity index is 2.09. The summed E-state index contributed by atoms with van der Waals surface area (Å²) in [6.45, 7) is 7.22. The number of nitrogens with zero attached hydrogens (tertiary/aromatic N) is 2. The van der Waals surface area contributed by atoms with Gasteiger partial charge in [-0.15, -0.1) is 0 Å². The normalized spacial score (nSPS) is 12.8. The maximum absolute atomic E-state index is 14.2. The number of amides is 2. The molecule has 0 heterocycles. The third-order valence-electron chi connectivity index (χ3n) is 6.89. The van der Waals surface area contributed by atoms with Gasteiger partial charge in [0.1, 0.15) is 12.6 Å². The van der Waals surface area contributed by atoms with Gasteiger partial charge in [0.15, 0.2) is 0 Å². The average Bonchev–Trinajstić information content (AvgIpc) is 2.90. The molecule has 0 unspecified atom stereocenters. The molecule has 0 bridgehead atoms. The minimum absolute atomic E-state index is 0.0941. The maximum atomic E-state index is 14.2. The molecule has 2 atom stereocenters. The van der Waals surface area contributed by atoms with Gasteiger partial charge in [0.25, 0.3) is 0 Å². The largest absolute Gasteiger partial charge is 0.352 e. The fraction of sp³-hybridized carbons (Fsp3) is 0.355. The van der Waals surface area contributed by atoms with Crippen molar-refractivity contribution < 1.29 is 18.0 Å². The fourth-order valence-corrected chi connectivity index (χ4v) is 5.53. The molecule has 2 amide bonds. The second-order valence-electron chi connectivity index (χ2n) is 10.2. The summed E-state index contributed by atoms with van der Waals surface area (Å²) in [6.07, 6.45) is 2.06. The zero-order valence-electron chi connectivity index (χ0n) is 23.7. The molecular weight excluding hydrogens is 546 g/mol. The van der Waals surface area contributed by atoms with Crippen LogP contribution in [0.15, 0.2) is 72.8 Å². The number of nitrogens with one attached hydrogen (secondary N) is 1. The van der Waals surface area contributed by atoms with Gasteiger partial charge in [-0.05, 0) is 56.0 Å². The van der Waals surface area contributed by atoms with Crippen LogP contribution in [0.5, 0.6) is 0 Å². The SMILES string of the molecule is CC[C@H](C)NC(=O)[C@H](Cc1ccccc1)N(Cc1cccc(C)c1)C(=O)CN(c1cccc(Cl)c1C)S(C)(=O)=O. The van der Waals surface area contributed by atoms with Crippen LogP contribution in [-0.4, -0.2) is 50.0 Å². The number of carbonyl (C=O) groups excluding carboxylic acids is 2. The summed E-state index contributed by atoms with van der Waals surface area (Å²) in [5.74, 6) is -0.782. The zero-order valence-corrected chi connectivity index (χ0v) is 25.3. The van der Waals surface area contributed by atoms with Gasteiger partial charge >= 0.3 is 0 Å². The molecule has 0 fully saturated rings. The van der Waals surface area contributed by atoms with Crippen molar-refractivity contribution in [2.24, 2.45) is 0 Å². The molecule has 3 aromatic carbocycles. The van der Waals surface area contributed by atoms with Crippen LogP contribution < -0.4 is 9.62 Å². The Morgan fingerprint density at radius 3 is 2.23 bits per heavy atom. The number of halogens is 1. The van der Waals surface area contributed by atoms with E-state index in [4.69, 9.17) is 11.6 Å². The summed E-state index contributed by atoms with van der Waals surface area (Å²) in [4.78, 5) is 29.4. The number of hydrogen-bond donors (Lipinski definition) is 1. The first kappa shape index (κ1) is 31.2. The van der Waals surface area contributed by atoms with Crippen molar-refractivity contribution >= 4 is 39.1 Å². The Kier molecular flexibility index (Phi) is 10.8. The van der Waals surface area contributed by atoms with Crippen molar-refractivity contribution in [1.82, 2.24) is 10.2 Å². The molecule has 3 aromatic rings. The Hall–Kier alpha value is -3.36. The number of hydrogen-bond acceptors (Lipinski definition) is 4. The Labute approximate surface area is 243 Å². The molecule has 0 saturated carbocycles. The number of sulfonamides is 1. The van der Waals surface area contributed by atoms with Gasteiger partial charge in [0, 0.05) is 24.0 Å². The van der Waals surface area contributed by atoms with E-state index in [-0.39, 0.29) is 24.9 Å². The van der Waals surface area contributed by atoms with Crippen LogP contribution in [-0.2, 0) is 32.6 Å². The van der Waals surface area contributed by atoms with E-state index in [9.17, 15) is 18.0 Å². The number of benzene rings is 3. The minimum Gasteiger partial charge on any atom is -0.352 e. The lowest BCUT2D eigenvalue weighted by Gasteiger charge is -2.34. The monoisotopic (exact) mass is 583 g/mol. The quantitative estimate of drug-likeness (QED) is 0.314. The molecule has 0 spiro atoms. The van der Waals surface area contributed by atoms with Gasteiger partial charge in [0.2, 0.25) is 21.8 Å². The van der Waals surface area contributed by atoms with Gasteiger partial charge < -0.3 is 10.2 Å². The second kappa shape index (κ2) is 13.8. The predicted molar refractivity (Wildman–Crippen MR) is 162 cm³/mol. The molecule has 214 valence electrons. The molecule has 0 saturated heterocycles. The van der Waals surface area contributed by atoms with E-state index >= 15 is 0 Å². The van der Waals surface area contributed by atoms with E-state index in [0.29, 0.717) is 16.3 Å². The Bertz CT molecular complexity index is 1430. The highest BCUT2D eigenvalue weighted by Gasteiger charge is 2.33. The molecular formula is C31H38ClN3O4S. The van der Waals surface area contributed by atoms with E-state index < -0.39 is 28.5 Å². The highest BCUT2D eigenvalue weighted by Crippen LogP contribution is 2.28. The topological polar surface area (TPSA) is 86.8 Å². The molecule has 3 rings (SSSR count). The average molecular weight is 584 g/mol. The molecule has 9 heteroatoms. The first-order chi connectivity index (χ1) is 18.9. The summed E-state index contributed by atoms with van der Waals surface area (Å²) in [6, 6.07) is 21.2. The van der Waals surface area contributed by atoms with Crippen LogP contribution in [0.25, 0.3) is 0 Å². The third-order valence-corrected chi connectivity index (χ3v) is 8.43. The summed E-state index contributed by atoms with van der Waals surface area (Å²) >= 11 is 6.30. The van der Waals surface area contributed by atoms with E-state index in [1.165, 1.54) is 4.90 Å². The molecule has 0 aromatic heterocycles. The summed E-state index contributed by atoms with van der Waals surface area (Å²) in [7, 11) is -3.87. The lowest BCUT2D eigenvalue weighted by atomic mass is 10.0. The smallest absolute Gasteiger partial charge is 0.244 e. The standard InChI is InChI=1S/C31H38ClN3O4S/c1-6-23(3)33-31(37)29(19-25-13-8-7-9-14-25)34(20-26-15-10-12-22(2)18-26)30(36)21-35(40(5,38)39)28-17-11-16-27(32)24(28)4/h7-18,23,29H,6,19-21H2,1-5H3,(H,33,37)/t23-,29-/m0/s1. The summed E-state index contributed by atoms with van der Waals surface area (Å²) in [5, 5.41) is 3.43. The molecule has 7 nitrogen and oxygen atoms in total. The molecule has 40 heavy (non-hydrogen) atoms. The van der Waals surface area contributed by atoms with Crippen LogP contribution in [0.3, 0.4) is 0 Å². The van der Waals surface area contributed by atoms with Crippen LogP contribution in [0.4, 0.5) is 5.69 Å². The third kappa shape index (κ3) is 8.32. The van der Waals surface area contributed by atoms with Crippen LogP contribution in [0, 0.1) is 13.8 Å². The van der Waals surface area contributed by atoms with Crippen molar-refractivity contribution in [1.29, 1.82) is 0 Å². The van der Waals surface area contributed by atoms with Crippen molar-refractivity contribution in [2.75, 3.05) is 17.1 Å². The van der Waals surface area contributed by atoms with E-state index in [2.05, 4.69) is 5.32 Å². The van der Waals surface area contributed by atoms with E-state index in [1.54, 1.807) is 25.1 Å². The lowest BCUT2D eigenvalue weighted by molar-refractivity contribution is -0.140.